The van der Waals surface area contributed by atoms with Crippen LogP contribution in [0.2, 0.25) is 0 Å². The maximum absolute atomic E-state index is 12.4. The summed E-state index contributed by atoms with van der Waals surface area (Å²) >= 11 is 0. The Morgan fingerprint density at radius 1 is 1.33 bits per heavy atom. The largest absolute Gasteiger partial charge is 0.478 e. The molecule has 2 N–H and O–H groups in total. The van der Waals surface area contributed by atoms with Crippen molar-refractivity contribution < 1.29 is 19.4 Å². The van der Waals surface area contributed by atoms with Crippen LogP contribution in [0, 0.1) is 0 Å². The van der Waals surface area contributed by atoms with Crippen LogP contribution in [0.3, 0.4) is 0 Å². The molecule has 1 aliphatic heterocycles. The number of carbonyl (C=O) groups is 2. The number of fused-ring (bicyclic) bond motifs is 1. The van der Waals surface area contributed by atoms with Gasteiger partial charge in [0.15, 0.2) is 0 Å². The molecule has 2 fully saturated rings. The van der Waals surface area contributed by atoms with E-state index in [1.165, 1.54) is 12.1 Å². The smallest absolute Gasteiger partial charge is 0.335 e. The number of amides is 2. The van der Waals surface area contributed by atoms with Gasteiger partial charge < -0.3 is 20.1 Å². The molecule has 6 nitrogen and oxygen atoms in total. The molecule has 0 aromatic heterocycles. The van der Waals surface area contributed by atoms with Gasteiger partial charge in [-0.3, -0.25) is 0 Å². The number of hydrogen-bond acceptors (Lipinski definition) is 3. The number of nitrogens with one attached hydrogen (secondary N) is 1. The average molecular weight is 290 g/mol. The summed E-state index contributed by atoms with van der Waals surface area (Å²) < 4.78 is 5.68. The van der Waals surface area contributed by atoms with E-state index in [4.69, 9.17) is 9.84 Å². The van der Waals surface area contributed by atoms with Crippen molar-refractivity contribution in [1.29, 1.82) is 0 Å². The Morgan fingerprint density at radius 3 is 3.00 bits per heavy atom. The second kappa shape index (κ2) is 5.73. The average Bonchev–Trinajstić information content (AvgIpc) is 2.95. The van der Waals surface area contributed by atoms with Crippen LogP contribution in [0.25, 0.3) is 0 Å². The predicted molar refractivity (Wildman–Crippen MR) is 76.5 cm³/mol. The van der Waals surface area contributed by atoms with Gasteiger partial charge in [0.05, 0.1) is 24.3 Å². The molecule has 2 amide bonds. The number of nitrogens with zero attached hydrogens (tertiary/aromatic N) is 1. The van der Waals surface area contributed by atoms with Gasteiger partial charge in [-0.1, -0.05) is 6.07 Å². The van der Waals surface area contributed by atoms with Crippen LogP contribution in [-0.4, -0.2) is 47.3 Å². The van der Waals surface area contributed by atoms with Gasteiger partial charge in [-0.15, -0.1) is 0 Å². The van der Waals surface area contributed by atoms with Gasteiger partial charge in [-0.05, 0) is 37.5 Å². The Morgan fingerprint density at radius 2 is 2.19 bits per heavy atom. The number of anilines is 1. The number of morpholine rings is 1. The fourth-order valence-electron chi connectivity index (χ4n) is 3.10. The highest BCUT2D eigenvalue weighted by Crippen LogP contribution is 2.30. The number of aromatic carboxylic acids is 1. The van der Waals surface area contributed by atoms with Crippen molar-refractivity contribution >= 4 is 17.7 Å². The Labute approximate surface area is 122 Å². The molecule has 1 saturated heterocycles. The van der Waals surface area contributed by atoms with E-state index in [-0.39, 0.29) is 23.7 Å². The molecule has 0 bridgehead atoms. The molecule has 1 heterocycles. The Balaban J connectivity index is 1.71. The third kappa shape index (κ3) is 2.85. The summed E-state index contributed by atoms with van der Waals surface area (Å²) in [5, 5.41) is 11.8. The number of urea groups is 1. The fraction of sp³-hybridized carbons (Fsp3) is 0.467. The molecule has 1 aliphatic carbocycles. The summed E-state index contributed by atoms with van der Waals surface area (Å²) in [4.78, 5) is 25.2. The zero-order valence-electron chi connectivity index (χ0n) is 11.6. The van der Waals surface area contributed by atoms with Crippen molar-refractivity contribution in [2.24, 2.45) is 0 Å². The molecule has 2 atom stereocenters. The van der Waals surface area contributed by atoms with Gasteiger partial charge in [-0.25, -0.2) is 9.59 Å². The van der Waals surface area contributed by atoms with Gasteiger partial charge in [0, 0.05) is 12.2 Å². The van der Waals surface area contributed by atoms with E-state index in [1.807, 2.05) is 4.90 Å². The van der Waals surface area contributed by atoms with E-state index < -0.39 is 5.97 Å². The molecular weight excluding hydrogens is 272 g/mol. The number of carbonyl (C=O) groups excluding carboxylic acids is 1. The Kier molecular flexibility index (Phi) is 3.79. The van der Waals surface area contributed by atoms with Crippen LogP contribution in [-0.2, 0) is 4.74 Å². The van der Waals surface area contributed by atoms with Crippen molar-refractivity contribution in [1.82, 2.24) is 4.90 Å². The molecule has 1 aromatic rings. The molecule has 112 valence electrons. The molecule has 3 rings (SSSR count). The number of carboxylic acids is 1. The first-order valence-corrected chi connectivity index (χ1v) is 7.18. The third-order valence-corrected chi connectivity index (χ3v) is 4.10. The standard InChI is InChI=1S/C15H18N2O4/c18-14(19)10-3-1-4-11(9-10)16-15(20)17-7-8-21-13-6-2-5-12(13)17/h1,3-4,9,12-13H,2,5-8H2,(H,16,20)(H,18,19). The lowest BCUT2D eigenvalue weighted by molar-refractivity contribution is -0.0362. The minimum atomic E-state index is -1.01. The molecule has 2 aliphatic rings. The Hall–Kier alpha value is -2.08. The zero-order chi connectivity index (χ0) is 14.8. The van der Waals surface area contributed by atoms with Crippen molar-refractivity contribution in [3.63, 3.8) is 0 Å². The molecule has 6 heteroatoms. The van der Waals surface area contributed by atoms with Gasteiger partial charge in [0.1, 0.15) is 0 Å². The first kappa shape index (κ1) is 13.9. The molecule has 0 radical (unpaired) electrons. The molecule has 1 aromatic carbocycles. The van der Waals surface area contributed by atoms with Crippen molar-refractivity contribution in [2.45, 2.75) is 31.4 Å². The highest BCUT2D eigenvalue weighted by Gasteiger charge is 2.38. The predicted octanol–water partition coefficient (Wildman–Crippen LogP) is 2.17. The van der Waals surface area contributed by atoms with E-state index in [2.05, 4.69) is 5.32 Å². The van der Waals surface area contributed by atoms with Crippen LogP contribution in [0.1, 0.15) is 29.6 Å². The van der Waals surface area contributed by atoms with Crippen molar-refractivity contribution in [3.8, 4) is 0 Å². The summed E-state index contributed by atoms with van der Waals surface area (Å²) in [6.45, 7) is 1.13. The SMILES string of the molecule is O=C(O)c1cccc(NC(=O)N2CCOC3CCCC32)c1. The quantitative estimate of drug-likeness (QED) is 0.875. The maximum atomic E-state index is 12.4. The summed E-state index contributed by atoms with van der Waals surface area (Å²) in [6.07, 6.45) is 3.19. The highest BCUT2D eigenvalue weighted by molar-refractivity contribution is 5.93. The molecule has 21 heavy (non-hydrogen) atoms. The number of hydrogen-bond donors (Lipinski definition) is 2. The van der Waals surface area contributed by atoms with Crippen LogP contribution in [0.4, 0.5) is 10.5 Å². The fourth-order valence-corrected chi connectivity index (χ4v) is 3.10. The first-order valence-electron chi connectivity index (χ1n) is 7.18. The zero-order valence-corrected chi connectivity index (χ0v) is 11.6. The molecule has 1 saturated carbocycles. The lowest BCUT2D eigenvalue weighted by Gasteiger charge is -2.37. The second-order valence-electron chi connectivity index (χ2n) is 5.42. The summed E-state index contributed by atoms with van der Waals surface area (Å²) in [5.74, 6) is -1.01. The van der Waals surface area contributed by atoms with Gasteiger partial charge >= 0.3 is 12.0 Å². The van der Waals surface area contributed by atoms with Crippen LogP contribution in [0.15, 0.2) is 24.3 Å². The minimum absolute atomic E-state index is 0.140. The van der Waals surface area contributed by atoms with Crippen molar-refractivity contribution in [2.75, 3.05) is 18.5 Å². The summed E-state index contributed by atoms with van der Waals surface area (Å²) in [5.41, 5.74) is 0.662. The van der Waals surface area contributed by atoms with Crippen LogP contribution in [0.5, 0.6) is 0 Å². The first-order chi connectivity index (χ1) is 10.1. The monoisotopic (exact) mass is 290 g/mol. The van der Waals surface area contributed by atoms with Gasteiger partial charge in [0.2, 0.25) is 0 Å². The Bertz CT molecular complexity index is 560. The topological polar surface area (TPSA) is 78.9 Å². The highest BCUT2D eigenvalue weighted by atomic mass is 16.5. The lowest BCUT2D eigenvalue weighted by atomic mass is 10.1. The van der Waals surface area contributed by atoms with E-state index >= 15 is 0 Å². The number of benzene rings is 1. The van der Waals surface area contributed by atoms with Crippen molar-refractivity contribution in [3.05, 3.63) is 29.8 Å². The number of rotatable bonds is 2. The summed E-state index contributed by atoms with van der Waals surface area (Å²) in [6, 6.07) is 6.24. The minimum Gasteiger partial charge on any atom is -0.478 e. The molecule has 2 unspecified atom stereocenters. The van der Waals surface area contributed by atoms with E-state index in [9.17, 15) is 9.59 Å². The maximum Gasteiger partial charge on any atom is 0.335 e. The van der Waals surface area contributed by atoms with Crippen LogP contribution < -0.4 is 5.32 Å². The normalized spacial score (nSPS) is 24.5. The van der Waals surface area contributed by atoms with Crippen LogP contribution >= 0.6 is 0 Å². The second-order valence-corrected chi connectivity index (χ2v) is 5.42. The number of ether oxygens (including phenoxy) is 1. The van der Waals surface area contributed by atoms with E-state index in [0.717, 1.165) is 19.3 Å². The third-order valence-electron chi connectivity index (χ3n) is 4.10. The van der Waals surface area contributed by atoms with E-state index in [1.54, 1.807) is 12.1 Å². The molecule has 0 spiro atoms. The lowest BCUT2D eigenvalue weighted by Crippen LogP contribution is -2.52. The van der Waals surface area contributed by atoms with E-state index in [0.29, 0.717) is 18.8 Å². The number of carboxylic acid groups (broad SMARTS) is 1. The van der Waals surface area contributed by atoms with Gasteiger partial charge in [-0.2, -0.15) is 0 Å². The summed E-state index contributed by atoms with van der Waals surface area (Å²) in [7, 11) is 0. The molecular formula is C15H18N2O4. The van der Waals surface area contributed by atoms with Gasteiger partial charge in [0.25, 0.3) is 0 Å².